The molecule has 0 saturated carbocycles. The molecule has 1 aromatic rings. The summed E-state index contributed by atoms with van der Waals surface area (Å²) in [7, 11) is 0. The Balaban J connectivity index is 1.97. The van der Waals surface area contributed by atoms with E-state index in [9.17, 15) is 0 Å². The van der Waals surface area contributed by atoms with Gasteiger partial charge in [-0.25, -0.2) is 0 Å². The van der Waals surface area contributed by atoms with Gasteiger partial charge >= 0.3 is 0 Å². The first-order chi connectivity index (χ1) is 6.25. The lowest BCUT2D eigenvalue weighted by Crippen LogP contribution is -2.24. The Labute approximate surface area is 93.8 Å². The van der Waals surface area contributed by atoms with E-state index in [1.54, 1.807) is 11.3 Å². The Kier molecular flexibility index (Phi) is 3.10. The number of nitrogens with zero attached hydrogens (tertiary/aromatic N) is 2. The highest BCUT2D eigenvalue weighted by atomic mass is 79.9. The fourth-order valence-corrected chi connectivity index (χ4v) is 3.61. The molecule has 0 bridgehead atoms. The Hall–Kier alpha value is 0.190. The molecule has 2 heterocycles. The van der Waals surface area contributed by atoms with Gasteiger partial charge in [0.25, 0.3) is 0 Å². The summed E-state index contributed by atoms with van der Waals surface area (Å²) in [4.78, 5) is 0. The van der Waals surface area contributed by atoms with Gasteiger partial charge in [0.2, 0.25) is 5.13 Å². The molecule has 0 aromatic carbocycles. The zero-order chi connectivity index (χ0) is 9.26. The van der Waals surface area contributed by atoms with Crippen LogP contribution in [-0.2, 0) is 0 Å². The number of halogens is 1. The topological polar surface area (TPSA) is 37.8 Å². The van der Waals surface area contributed by atoms with Crippen LogP contribution in [0.5, 0.6) is 0 Å². The SMILES string of the molecule is CC1SCCC1Nc1nnc(Br)s1. The molecule has 2 atom stereocenters. The van der Waals surface area contributed by atoms with E-state index in [2.05, 4.69) is 38.4 Å². The van der Waals surface area contributed by atoms with Gasteiger partial charge in [-0.15, -0.1) is 10.2 Å². The van der Waals surface area contributed by atoms with Crippen LogP contribution in [0.3, 0.4) is 0 Å². The van der Waals surface area contributed by atoms with Crippen LogP contribution in [0.1, 0.15) is 13.3 Å². The second kappa shape index (κ2) is 4.14. The highest BCUT2D eigenvalue weighted by Crippen LogP contribution is 2.30. The van der Waals surface area contributed by atoms with Gasteiger partial charge in [-0.2, -0.15) is 11.8 Å². The summed E-state index contributed by atoms with van der Waals surface area (Å²) in [5, 5.41) is 12.9. The third-order valence-corrected chi connectivity index (χ3v) is 4.70. The molecule has 1 aromatic heterocycles. The normalized spacial score (nSPS) is 27.8. The first-order valence-electron chi connectivity index (χ1n) is 4.13. The van der Waals surface area contributed by atoms with E-state index in [0.717, 1.165) is 9.05 Å². The van der Waals surface area contributed by atoms with E-state index in [4.69, 9.17) is 0 Å². The average molecular weight is 280 g/mol. The van der Waals surface area contributed by atoms with E-state index in [0.29, 0.717) is 11.3 Å². The van der Waals surface area contributed by atoms with Crippen molar-refractivity contribution in [3.05, 3.63) is 3.92 Å². The number of aromatic nitrogens is 2. The van der Waals surface area contributed by atoms with Crippen molar-refractivity contribution in [3.63, 3.8) is 0 Å². The largest absolute Gasteiger partial charge is 0.356 e. The number of hydrogen-bond acceptors (Lipinski definition) is 5. The van der Waals surface area contributed by atoms with Gasteiger partial charge in [0.05, 0.1) is 0 Å². The number of hydrogen-bond donors (Lipinski definition) is 1. The molecule has 0 amide bonds. The van der Waals surface area contributed by atoms with Crippen LogP contribution in [-0.4, -0.2) is 27.2 Å². The third-order valence-electron chi connectivity index (χ3n) is 2.09. The van der Waals surface area contributed by atoms with Crippen molar-refractivity contribution in [3.8, 4) is 0 Å². The molecule has 1 fully saturated rings. The summed E-state index contributed by atoms with van der Waals surface area (Å²) in [6.45, 7) is 2.26. The average Bonchev–Trinajstić information content (AvgIpc) is 2.64. The van der Waals surface area contributed by atoms with Crippen molar-refractivity contribution in [1.29, 1.82) is 0 Å². The summed E-state index contributed by atoms with van der Waals surface area (Å²) in [5.41, 5.74) is 0. The quantitative estimate of drug-likeness (QED) is 0.903. The van der Waals surface area contributed by atoms with Crippen LogP contribution in [0.25, 0.3) is 0 Å². The molecule has 13 heavy (non-hydrogen) atoms. The van der Waals surface area contributed by atoms with Gasteiger partial charge in [-0.05, 0) is 28.1 Å². The first kappa shape index (κ1) is 9.73. The van der Waals surface area contributed by atoms with E-state index < -0.39 is 0 Å². The number of thioether (sulfide) groups is 1. The van der Waals surface area contributed by atoms with Gasteiger partial charge in [0.15, 0.2) is 3.92 Å². The van der Waals surface area contributed by atoms with Crippen LogP contribution in [0, 0.1) is 0 Å². The minimum Gasteiger partial charge on any atom is -0.356 e. The van der Waals surface area contributed by atoms with E-state index in [1.165, 1.54) is 12.2 Å². The molecule has 1 aliphatic heterocycles. The first-order valence-corrected chi connectivity index (χ1v) is 6.78. The van der Waals surface area contributed by atoms with Crippen molar-refractivity contribution in [2.45, 2.75) is 24.6 Å². The standard InChI is InChI=1S/C7H10BrN3S2/c1-4-5(2-3-12-4)9-7-11-10-6(8)13-7/h4-5H,2-3H2,1H3,(H,9,11). The lowest BCUT2D eigenvalue weighted by molar-refractivity contribution is 0.721. The zero-order valence-electron chi connectivity index (χ0n) is 7.16. The molecule has 0 radical (unpaired) electrons. The summed E-state index contributed by atoms with van der Waals surface area (Å²) >= 11 is 6.86. The van der Waals surface area contributed by atoms with Crippen molar-refractivity contribution in [1.82, 2.24) is 10.2 Å². The summed E-state index contributed by atoms with van der Waals surface area (Å²) in [6, 6.07) is 0.560. The lowest BCUT2D eigenvalue weighted by atomic mass is 10.2. The second-order valence-corrected chi connectivity index (χ2v) is 6.71. The molecular formula is C7H10BrN3S2. The predicted molar refractivity (Wildman–Crippen MR) is 61.6 cm³/mol. The Morgan fingerprint density at radius 2 is 2.38 bits per heavy atom. The van der Waals surface area contributed by atoms with Gasteiger partial charge in [0.1, 0.15) is 0 Å². The van der Waals surface area contributed by atoms with Gasteiger partial charge < -0.3 is 5.32 Å². The number of rotatable bonds is 2. The van der Waals surface area contributed by atoms with Crippen molar-refractivity contribution >= 4 is 44.2 Å². The fourth-order valence-electron chi connectivity index (χ4n) is 1.34. The van der Waals surface area contributed by atoms with Crippen LogP contribution in [0.2, 0.25) is 0 Å². The predicted octanol–water partition coefficient (Wildman–Crippen LogP) is 2.61. The molecule has 0 aliphatic carbocycles. The monoisotopic (exact) mass is 279 g/mol. The Morgan fingerprint density at radius 3 is 2.92 bits per heavy atom. The maximum Gasteiger partial charge on any atom is 0.206 e. The number of nitrogens with one attached hydrogen (secondary N) is 1. The second-order valence-electron chi connectivity index (χ2n) is 2.98. The fraction of sp³-hybridized carbons (Fsp3) is 0.714. The summed E-state index contributed by atoms with van der Waals surface area (Å²) < 4.78 is 0.841. The van der Waals surface area contributed by atoms with E-state index in [1.807, 2.05) is 11.8 Å². The molecule has 2 unspecified atom stereocenters. The third kappa shape index (κ3) is 2.35. The van der Waals surface area contributed by atoms with Crippen molar-refractivity contribution in [2.75, 3.05) is 11.1 Å². The highest BCUT2D eigenvalue weighted by molar-refractivity contribution is 9.11. The number of anilines is 1. The van der Waals surface area contributed by atoms with Crippen LogP contribution in [0.4, 0.5) is 5.13 Å². The van der Waals surface area contributed by atoms with Crippen LogP contribution in [0.15, 0.2) is 3.92 Å². The van der Waals surface area contributed by atoms with Crippen LogP contribution >= 0.6 is 39.0 Å². The van der Waals surface area contributed by atoms with Crippen molar-refractivity contribution < 1.29 is 0 Å². The van der Waals surface area contributed by atoms with Crippen molar-refractivity contribution in [2.24, 2.45) is 0 Å². The maximum absolute atomic E-state index is 4.01. The van der Waals surface area contributed by atoms with E-state index in [-0.39, 0.29) is 0 Å². The maximum atomic E-state index is 4.01. The van der Waals surface area contributed by atoms with Gasteiger partial charge in [-0.1, -0.05) is 18.3 Å². The molecule has 3 nitrogen and oxygen atoms in total. The molecule has 2 rings (SSSR count). The smallest absolute Gasteiger partial charge is 0.206 e. The molecule has 0 spiro atoms. The minimum absolute atomic E-state index is 0.560. The molecule has 72 valence electrons. The summed E-state index contributed by atoms with van der Waals surface area (Å²) in [5.74, 6) is 1.25. The molecule has 1 saturated heterocycles. The molecule has 1 N–H and O–H groups in total. The van der Waals surface area contributed by atoms with Gasteiger partial charge in [-0.3, -0.25) is 0 Å². The molecular weight excluding hydrogens is 270 g/mol. The molecule has 6 heteroatoms. The molecule has 1 aliphatic rings. The van der Waals surface area contributed by atoms with E-state index >= 15 is 0 Å². The highest BCUT2D eigenvalue weighted by Gasteiger charge is 2.24. The Morgan fingerprint density at radius 1 is 1.54 bits per heavy atom. The zero-order valence-corrected chi connectivity index (χ0v) is 10.4. The van der Waals surface area contributed by atoms with Gasteiger partial charge in [0, 0.05) is 11.3 Å². The van der Waals surface area contributed by atoms with Crippen LogP contribution < -0.4 is 5.32 Å². The minimum atomic E-state index is 0.560. The summed E-state index contributed by atoms with van der Waals surface area (Å²) in [6.07, 6.45) is 1.23. The lowest BCUT2D eigenvalue weighted by Gasteiger charge is -2.14. The Bertz CT molecular complexity index is 291.